The second-order valence-electron chi connectivity index (χ2n) is 7.48. The normalized spacial score (nSPS) is 22.1. The number of aromatic nitrogens is 1. The molecule has 1 aliphatic heterocycles. The highest BCUT2D eigenvalue weighted by Crippen LogP contribution is 2.39. The van der Waals surface area contributed by atoms with Crippen molar-refractivity contribution in [2.75, 3.05) is 12.3 Å². The molecule has 0 bridgehead atoms. The molecule has 0 saturated carbocycles. The summed E-state index contributed by atoms with van der Waals surface area (Å²) in [6.45, 7) is 10.5. The summed E-state index contributed by atoms with van der Waals surface area (Å²) < 4.78 is 10.5. The van der Waals surface area contributed by atoms with Gasteiger partial charge < -0.3 is 15.0 Å². The fourth-order valence-corrected chi connectivity index (χ4v) is 2.61. The summed E-state index contributed by atoms with van der Waals surface area (Å²) in [5.41, 5.74) is 5.82. The van der Waals surface area contributed by atoms with Crippen molar-refractivity contribution in [2.45, 2.75) is 59.1 Å². The fraction of sp³-hybridized carbons (Fsp3) is 0.733. The number of nitrogens with two attached hydrogens (primary N) is 1. The number of ether oxygens (including phenoxy) is 1. The lowest BCUT2D eigenvalue weighted by atomic mass is 9.80. The summed E-state index contributed by atoms with van der Waals surface area (Å²) >= 11 is 0. The van der Waals surface area contributed by atoms with Gasteiger partial charge in [0, 0.05) is 12.6 Å². The number of likely N-dealkylation sites (tertiary alicyclic amines) is 1. The zero-order valence-corrected chi connectivity index (χ0v) is 13.5. The molecule has 1 aromatic rings. The molecule has 1 fully saturated rings. The maximum atomic E-state index is 12.5. The summed E-state index contributed by atoms with van der Waals surface area (Å²) in [5, 5.41) is 3.97. The van der Waals surface area contributed by atoms with E-state index in [0.717, 1.165) is 12.8 Å². The molecule has 2 heterocycles. The van der Waals surface area contributed by atoms with Crippen molar-refractivity contribution in [1.29, 1.82) is 0 Å². The monoisotopic (exact) mass is 295 g/mol. The van der Waals surface area contributed by atoms with E-state index in [0.29, 0.717) is 12.2 Å². The molecule has 21 heavy (non-hydrogen) atoms. The quantitative estimate of drug-likeness (QED) is 0.859. The van der Waals surface area contributed by atoms with E-state index in [-0.39, 0.29) is 23.4 Å². The van der Waals surface area contributed by atoms with Crippen LogP contribution in [-0.2, 0) is 4.74 Å². The van der Waals surface area contributed by atoms with Crippen LogP contribution in [0.2, 0.25) is 0 Å². The molecule has 1 amide bonds. The first-order valence-electron chi connectivity index (χ1n) is 7.29. The van der Waals surface area contributed by atoms with Gasteiger partial charge in [0.2, 0.25) is 5.88 Å². The summed E-state index contributed by atoms with van der Waals surface area (Å²) in [5.74, 6) is 0.263. The van der Waals surface area contributed by atoms with E-state index in [4.69, 9.17) is 15.0 Å². The minimum absolute atomic E-state index is 0.0582. The maximum Gasteiger partial charge on any atom is 0.410 e. The Morgan fingerprint density at radius 1 is 1.52 bits per heavy atom. The average Bonchev–Trinajstić information content (AvgIpc) is 2.72. The van der Waals surface area contributed by atoms with Crippen molar-refractivity contribution in [1.82, 2.24) is 10.1 Å². The average molecular weight is 295 g/mol. The minimum atomic E-state index is -0.522. The van der Waals surface area contributed by atoms with Crippen LogP contribution < -0.4 is 5.73 Å². The van der Waals surface area contributed by atoms with E-state index in [1.54, 1.807) is 11.0 Å². The van der Waals surface area contributed by atoms with Gasteiger partial charge in [0.1, 0.15) is 11.3 Å². The van der Waals surface area contributed by atoms with Gasteiger partial charge in [-0.3, -0.25) is 4.90 Å². The standard InChI is InChI=1S/C15H25N3O3/c1-14(2,3)20-13(19)18-9-15(4,5)7-6-11(18)10-8-12(16)21-17-10/h8,11H,6-7,9,16H2,1-5H3. The van der Waals surface area contributed by atoms with E-state index >= 15 is 0 Å². The number of amides is 1. The lowest BCUT2D eigenvalue weighted by Gasteiger charge is -2.43. The Morgan fingerprint density at radius 3 is 2.71 bits per heavy atom. The van der Waals surface area contributed by atoms with Crippen LogP contribution in [0, 0.1) is 5.41 Å². The Kier molecular flexibility index (Phi) is 3.91. The van der Waals surface area contributed by atoms with E-state index in [1.807, 2.05) is 20.8 Å². The van der Waals surface area contributed by atoms with E-state index in [9.17, 15) is 4.79 Å². The molecule has 6 heteroatoms. The van der Waals surface area contributed by atoms with Crippen molar-refractivity contribution in [3.63, 3.8) is 0 Å². The molecule has 0 aromatic carbocycles. The molecule has 0 spiro atoms. The van der Waals surface area contributed by atoms with Gasteiger partial charge in [-0.2, -0.15) is 0 Å². The number of anilines is 1. The number of carbonyl (C=O) groups excluding carboxylic acids is 1. The second-order valence-corrected chi connectivity index (χ2v) is 7.48. The van der Waals surface area contributed by atoms with Gasteiger partial charge in [-0.1, -0.05) is 19.0 Å². The van der Waals surface area contributed by atoms with Gasteiger partial charge in [0.25, 0.3) is 0 Å². The molecule has 2 N–H and O–H groups in total. The predicted molar refractivity (Wildman–Crippen MR) is 79.6 cm³/mol. The molecule has 1 saturated heterocycles. The van der Waals surface area contributed by atoms with Gasteiger partial charge in [-0.15, -0.1) is 0 Å². The first kappa shape index (κ1) is 15.7. The first-order chi connectivity index (χ1) is 9.57. The van der Waals surface area contributed by atoms with E-state index in [2.05, 4.69) is 19.0 Å². The fourth-order valence-electron chi connectivity index (χ4n) is 2.61. The molecule has 1 aliphatic rings. The third kappa shape index (κ3) is 3.89. The lowest BCUT2D eigenvalue weighted by molar-refractivity contribution is -0.00902. The Hall–Kier alpha value is -1.72. The highest BCUT2D eigenvalue weighted by atomic mass is 16.6. The lowest BCUT2D eigenvalue weighted by Crippen LogP contribution is -2.47. The van der Waals surface area contributed by atoms with Crippen molar-refractivity contribution in [3.05, 3.63) is 11.8 Å². The number of nitrogens with zero attached hydrogens (tertiary/aromatic N) is 2. The smallest absolute Gasteiger partial charge is 0.410 e. The number of hydrogen-bond acceptors (Lipinski definition) is 5. The predicted octanol–water partition coefficient (Wildman–Crippen LogP) is 3.36. The number of carbonyl (C=O) groups is 1. The molecular formula is C15H25N3O3. The molecule has 0 aliphatic carbocycles. The molecule has 2 rings (SSSR count). The number of rotatable bonds is 1. The molecular weight excluding hydrogens is 270 g/mol. The summed E-state index contributed by atoms with van der Waals surface area (Å²) in [4.78, 5) is 14.2. The van der Waals surface area contributed by atoms with Gasteiger partial charge in [0.15, 0.2) is 0 Å². The zero-order valence-electron chi connectivity index (χ0n) is 13.5. The zero-order chi connectivity index (χ0) is 15.8. The van der Waals surface area contributed by atoms with Crippen LogP contribution in [0.25, 0.3) is 0 Å². The first-order valence-corrected chi connectivity index (χ1v) is 7.29. The van der Waals surface area contributed by atoms with Crippen LogP contribution in [0.4, 0.5) is 10.7 Å². The third-order valence-corrected chi connectivity index (χ3v) is 3.59. The topological polar surface area (TPSA) is 81.6 Å². The van der Waals surface area contributed by atoms with Gasteiger partial charge >= 0.3 is 6.09 Å². The molecule has 1 unspecified atom stereocenters. The van der Waals surface area contributed by atoms with Crippen LogP contribution in [0.5, 0.6) is 0 Å². The third-order valence-electron chi connectivity index (χ3n) is 3.59. The van der Waals surface area contributed by atoms with Crippen LogP contribution in [0.15, 0.2) is 10.6 Å². The summed E-state index contributed by atoms with van der Waals surface area (Å²) in [6, 6.07) is 1.54. The SMILES string of the molecule is CC1(C)CCC(c2cc(N)on2)N(C(=O)OC(C)(C)C)C1. The molecule has 118 valence electrons. The van der Waals surface area contributed by atoms with Gasteiger partial charge in [0.05, 0.1) is 6.04 Å². The number of piperidine rings is 1. The Bertz CT molecular complexity index is 516. The highest BCUT2D eigenvalue weighted by molar-refractivity contribution is 5.69. The molecule has 1 aromatic heterocycles. The summed E-state index contributed by atoms with van der Waals surface area (Å²) in [7, 11) is 0. The van der Waals surface area contributed by atoms with Crippen LogP contribution in [0.3, 0.4) is 0 Å². The Morgan fingerprint density at radius 2 is 2.19 bits per heavy atom. The number of nitrogen functional groups attached to an aromatic ring is 1. The number of hydrogen-bond donors (Lipinski definition) is 1. The van der Waals surface area contributed by atoms with Crippen LogP contribution in [0.1, 0.15) is 59.2 Å². The largest absolute Gasteiger partial charge is 0.444 e. The van der Waals surface area contributed by atoms with E-state index < -0.39 is 5.60 Å². The summed E-state index contributed by atoms with van der Waals surface area (Å²) in [6.07, 6.45) is 1.50. The highest BCUT2D eigenvalue weighted by Gasteiger charge is 2.39. The van der Waals surface area contributed by atoms with Crippen molar-refractivity contribution >= 4 is 12.0 Å². The van der Waals surface area contributed by atoms with Crippen LogP contribution in [-0.4, -0.2) is 28.3 Å². The van der Waals surface area contributed by atoms with Gasteiger partial charge in [-0.25, -0.2) is 4.79 Å². The van der Waals surface area contributed by atoms with Crippen molar-refractivity contribution < 1.29 is 14.1 Å². The minimum Gasteiger partial charge on any atom is -0.444 e. The van der Waals surface area contributed by atoms with Crippen molar-refractivity contribution in [2.24, 2.45) is 5.41 Å². The Balaban J connectivity index is 2.23. The van der Waals surface area contributed by atoms with Crippen molar-refractivity contribution in [3.8, 4) is 0 Å². The maximum absolute atomic E-state index is 12.5. The van der Waals surface area contributed by atoms with E-state index in [1.165, 1.54) is 0 Å². The van der Waals surface area contributed by atoms with Gasteiger partial charge in [-0.05, 0) is 39.0 Å². The Labute approximate surface area is 125 Å². The molecule has 6 nitrogen and oxygen atoms in total. The molecule has 1 atom stereocenters. The van der Waals surface area contributed by atoms with Crippen LogP contribution >= 0.6 is 0 Å². The second kappa shape index (κ2) is 5.24. The molecule has 0 radical (unpaired) electrons.